The Kier molecular flexibility index (Phi) is 3.39. The van der Waals surface area contributed by atoms with Gasteiger partial charge in [0.25, 0.3) is 5.91 Å². The van der Waals surface area contributed by atoms with E-state index < -0.39 is 0 Å². The fourth-order valence-corrected chi connectivity index (χ4v) is 2.67. The standard InChI is InChI=1S/C12H15NO2S/c1-8-2-7-11(16-8)12(15)13-9-3-5-10(14)6-4-9/h2,7,9H,3-6H2,1H3,(H,13,15). The first-order valence-corrected chi connectivity index (χ1v) is 6.36. The fraction of sp³-hybridized carbons (Fsp3) is 0.500. The van der Waals surface area contributed by atoms with Crippen LogP contribution in [0.4, 0.5) is 0 Å². The van der Waals surface area contributed by atoms with Gasteiger partial charge in [0.15, 0.2) is 0 Å². The van der Waals surface area contributed by atoms with Crippen LogP contribution in [-0.2, 0) is 4.79 Å². The van der Waals surface area contributed by atoms with Gasteiger partial charge < -0.3 is 5.32 Å². The summed E-state index contributed by atoms with van der Waals surface area (Å²) in [4.78, 5) is 24.8. The Bertz CT molecular complexity index is 401. The van der Waals surface area contributed by atoms with Crippen molar-refractivity contribution < 1.29 is 9.59 Å². The summed E-state index contributed by atoms with van der Waals surface area (Å²) in [5.41, 5.74) is 0. The van der Waals surface area contributed by atoms with Gasteiger partial charge in [-0.25, -0.2) is 0 Å². The van der Waals surface area contributed by atoms with Crippen molar-refractivity contribution in [3.63, 3.8) is 0 Å². The number of rotatable bonds is 2. The largest absolute Gasteiger partial charge is 0.349 e. The first-order valence-electron chi connectivity index (χ1n) is 5.54. The number of amides is 1. The molecule has 0 radical (unpaired) electrons. The second kappa shape index (κ2) is 4.78. The molecule has 0 unspecified atom stereocenters. The molecule has 0 atom stereocenters. The number of Topliss-reactive ketones (excluding diaryl/α,β-unsaturated/α-hetero) is 1. The van der Waals surface area contributed by atoms with Gasteiger partial charge >= 0.3 is 0 Å². The SMILES string of the molecule is Cc1ccc(C(=O)NC2CCC(=O)CC2)s1. The number of hydrogen-bond donors (Lipinski definition) is 1. The average Bonchev–Trinajstić information content (AvgIpc) is 2.68. The van der Waals surface area contributed by atoms with Crippen LogP contribution in [0.25, 0.3) is 0 Å². The molecule has 0 aliphatic heterocycles. The van der Waals surface area contributed by atoms with Crippen molar-refractivity contribution in [1.29, 1.82) is 0 Å². The lowest BCUT2D eigenvalue weighted by Crippen LogP contribution is -2.37. The van der Waals surface area contributed by atoms with Crippen LogP contribution in [-0.4, -0.2) is 17.7 Å². The number of hydrogen-bond acceptors (Lipinski definition) is 3. The Morgan fingerprint density at radius 1 is 1.38 bits per heavy atom. The van der Waals surface area contributed by atoms with Gasteiger partial charge in [-0.1, -0.05) is 0 Å². The molecular weight excluding hydrogens is 222 g/mol. The Morgan fingerprint density at radius 2 is 2.06 bits per heavy atom. The van der Waals surface area contributed by atoms with Crippen molar-refractivity contribution in [1.82, 2.24) is 5.32 Å². The van der Waals surface area contributed by atoms with Crippen molar-refractivity contribution >= 4 is 23.0 Å². The summed E-state index contributed by atoms with van der Waals surface area (Å²) in [6.45, 7) is 1.99. The average molecular weight is 237 g/mol. The number of nitrogens with one attached hydrogen (secondary N) is 1. The molecule has 16 heavy (non-hydrogen) atoms. The predicted octanol–water partition coefficient (Wildman–Crippen LogP) is 2.30. The third-order valence-corrected chi connectivity index (χ3v) is 3.84. The highest BCUT2D eigenvalue weighted by Crippen LogP contribution is 2.18. The van der Waals surface area contributed by atoms with Gasteiger partial charge in [-0.3, -0.25) is 9.59 Å². The lowest BCUT2D eigenvalue weighted by Gasteiger charge is -2.21. The number of ketones is 1. The third-order valence-electron chi connectivity index (χ3n) is 2.84. The molecule has 1 N–H and O–H groups in total. The smallest absolute Gasteiger partial charge is 0.261 e. The van der Waals surface area contributed by atoms with E-state index in [1.54, 1.807) is 0 Å². The Labute approximate surface area is 98.9 Å². The molecule has 1 aromatic heterocycles. The molecule has 0 saturated heterocycles. The zero-order chi connectivity index (χ0) is 11.5. The van der Waals surface area contributed by atoms with E-state index in [-0.39, 0.29) is 11.9 Å². The fourth-order valence-electron chi connectivity index (χ4n) is 1.90. The monoisotopic (exact) mass is 237 g/mol. The number of aryl methyl sites for hydroxylation is 1. The second-order valence-electron chi connectivity index (χ2n) is 4.20. The van der Waals surface area contributed by atoms with Crippen LogP contribution in [0.5, 0.6) is 0 Å². The van der Waals surface area contributed by atoms with E-state index in [2.05, 4.69) is 5.32 Å². The first kappa shape index (κ1) is 11.3. The highest BCUT2D eigenvalue weighted by atomic mass is 32.1. The van der Waals surface area contributed by atoms with E-state index in [9.17, 15) is 9.59 Å². The third kappa shape index (κ3) is 2.70. The van der Waals surface area contributed by atoms with Gasteiger partial charge in [0, 0.05) is 23.8 Å². The lowest BCUT2D eigenvalue weighted by atomic mass is 9.94. The van der Waals surface area contributed by atoms with Crippen molar-refractivity contribution in [3.05, 3.63) is 21.9 Å². The minimum absolute atomic E-state index is 0.00236. The van der Waals surface area contributed by atoms with Crippen molar-refractivity contribution in [3.8, 4) is 0 Å². The summed E-state index contributed by atoms with van der Waals surface area (Å²) in [7, 11) is 0. The van der Waals surface area contributed by atoms with Gasteiger partial charge in [-0.2, -0.15) is 0 Å². The van der Waals surface area contributed by atoms with Crippen LogP contribution in [0.15, 0.2) is 12.1 Å². The molecule has 4 heteroatoms. The molecule has 2 rings (SSSR count). The van der Waals surface area contributed by atoms with E-state index in [0.717, 1.165) is 22.6 Å². The van der Waals surface area contributed by atoms with Crippen LogP contribution in [0, 0.1) is 6.92 Å². The minimum Gasteiger partial charge on any atom is -0.349 e. The summed E-state index contributed by atoms with van der Waals surface area (Å²) < 4.78 is 0. The van der Waals surface area contributed by atoms with E-state index in [0.29, 0.717) is 18.6 Å². The highest BCUT2D eigenvalue weighted by molar-refractivity contribution is 7.13. The lowest BCUT2D eigenvalue weighted by molar-refractivity contribution is -0.120. The molecule has 0 aromatic carbocycles. The molecule has 1 amide bonds. The van der Waals surface area contributed by atoms with Crippen LogP contribution < -0.4 is 5.32 Å². The van der Waals surface area contributed by atoms with Gasteiger partial charge in [0.2, 0.25) is 0 Å². The number of carbonyl (C=O) groups excluding carboxylic acids is 2. The summed E-state index contributed by atoms with van der Waals surface area (Å²) in [5.74, 6) is 0.315. The maximum atomic E-state index is 11.8. The molecule has 86 valence electrons. The van der Waals surface area contributed by atoms with Crippen LogP contribution in [0.3, 0.4) is 0 Å². The maximum Gasteiger partial charge on any atom is 0.261 e. The molecule has 1 fully saturated rings. The van der Waals surface area contributed by atoms with Crippen LogP contribution >= 0.6 is 11.3 Å². The van der Waals surface area contributed by atoms with Gasteiger partial charge in [-0.15, -0.1) is 11.3 Å². The number of carbonyl (C=O) groups is 2. The van der Waals surface area contributed by atoms with Crippen molar-refractivity contribution in [2.24, 2.45) is 0 Å². The highest BCUT2D eigenvalue weighted by Gasteiger charge is 2.21. The van der Waals surface area contributed by atoms with Gasteiger partial charge in [0.1, 0.15) is 5.78 Å². The predicted molar refractivity (Wildman–Crippen MR) is 63.8 cm³/mol. The number of thiophene rings is 1. The van der Waals surface area contributed by atoms with Crippen LogP contribution in [0.2, 0.25) is 0 Å². The van der Waals surface area contributed by atoms with E-state index in [1.165, 1.54) is 11.3 Å². The molecule has 1 aliphatic rings. The Morgan fingerprint density at radius 3 is 2.62 bits per heavy atom. The minimum atomic E-state index is -0.00236. The summed E-state index contributed by atoms with van der Waals surface area (Å²) >= 11 is 1.51. The van der Waals surface area contributed by atoms with Crippen LogP contribution in [0.1, 0.15) is 40.2 Å². The first-order chi connectivity index (χ1) is 7.65. The molecule has 1 saturated carbocycles. The Hall–Kier alpha value is -1.16. The van der Waals surface area contributed by atoms with Crippen molar-refractivity contribution in [2.45, 2.75) is 38.6 Å². The maximum absolute atomic E-state index is 11.8. The molecule has 1 heterocycles. The molecule has 0 bridgehead atoms. The zero-order valence-electron chi connectivity index (χ0n) is 9.29. The van der Waals surface area contributed by atoms with Gasteiger partial charge in [0.05, 0.1) is 4.88 Å². The second-order valence-corrected chi connectivity index (χ2v) is 5.48. The molecule has 3 nitrogen and oxygen atoms in total. The van der Waals surface area contributed by atoms with E-state index in [4.69, 9.17) is 0 Å². The quantitative estimate of drug-likeness (QED) is 0.858. The van der Waals surface area contributed by atoms with E-state index >= 15 is 0 Å². The molecule has 1 aromatic rings. The molecule has 0 spiro atoms. The van der Waals surface area contributed by atoms with E-state index in [1.807, 2.05) is 19.1 Å². The molecule has 1 aliphatic carbocycles. The summed E-state index contributed by atoms with van der Waals surface area (Å²) in [6.07, 6.45) is 2.78. The zero-order valence-corrected chi connectivity index (χ0v) is 10.1. The van der Waals surface area contributed by atoms with Crippen molar-refractivity contribution in [2.75, 3.05) is 0 Å². The Balaban J connectivity index is 1.90. The summed E-state index contributed by atoms with van der Waals surface area (Å²) in [5, 5.41) is 2.99. The normalized spacial score (nSPS) is 17.4. The summed E-state index contributed by atoms with van der Waals surface area (Å²) in [6, 6.07) is 3.97. The molecular formula is C12H15NO2S. The topological polar surface area (TPSA) is 46.2 Å². The van der Waals surface area contributed by atoms with Gasteiger partial charge in [-0.05, 0) is 31.9 Å².